The number of nitrogens with zero attached hydrogens (tertiary/aromatic N) is 4. The Labute approximate surface area is 200 Å². The fourth-order valence-electron chi connectivity index (χ4n) is 3.24. The molecule has 1 aromatic carbocycles. The van der Waals surface area contributed by atoms with E-state index >= 15 is 0 Å². The van der Waals surface area contributed by atoms with Gasteiger partial charge in [-0.15, -0.1) is 11.3 Å². The number of thiazole rings is 1. The van der Waals surface area contributed by atoms with Crippen LogP contribution in [0.4, 0.5) is 10.8 Å². The topological polar surface area (TPSA) is 118 Å². The molecule has 1 aliphatic rings. The molecule has 10 nitrogen and oxygen atoms in total. The van der Waals surface area contributed by atoms with Crippen molar-refractivity contribution < 1.29 is 19.3 Å². The van der Waals surface area contributed by atoms with Crippen molar-refractivity contribution in [2.45, 2.75) is 38.7 Å². The molecular weight excluding hydrogens is 466 g/mol. The Bertz CT molecular complexity index is 976. The molecule has 1 fully saturated rings. The van der Waals surface area contributed by atoms with E-state index in [1.807, 2.05) is 13.8 Å². The quantitative estimate of drug-likeness (QED) is 0.286. The van der Waals surface area contributed by atoms with Gasteiger partial charge in [-0.05, 0) is 31.5 Å². The minimum atomic E-state index is -0.445. The molecule has 2 heterocycles. The number of nitro benzene ring substituents is 1. The standard InChI is InChI=1S/C21H27N5O5S2/c1-14(2)25(9-8-22-31-12-16-4-6-17(7-5-16)26(29)30)20(28)19-13-32-21(23-19)24-10-18(11-24)33-15(3)27/h4-7,13-14,18,22H,8-12H2,1-3H3. The van der Waals surface area contributed by atoms with Crippen LogP contribution in [0.2, 0.25) is 0 Å². The predicted octanol–water partition coefficient (Wildman–Crippen LogP) is 3.09. The molecule has 3 rings (SSSR count). The average molecular weight is 494 g/mol. The normalized spacial score (nSPS) is 13.8. The summed E-state index contributed by atoms with van der Waals surface area (Å²) in [7, 11) is 0. The molecule has 0 spiro atoms. The van der Waals surface area contributed by atoms with Crippen LogP contribution in [-0.4, -0.2) is 63.3 Å². The number of amides is 1. The maximum Gasteiger partial charge on any atom is 0.273 e. The first-order valence-corrected chi connectivity index (χ1v) is 12.3. The van der Waals surface area contributed by atoms with Gasteiger partial charge in [0.05, 0.1) is 11.5 Å². The van der Waals surface area contributed by atoms with Gasteiger partial charge in [0.25, 0.3) is 11.6 Å². The van der Waals surface area contributed by atoms with Crippen LogP contribution < -0.4 is 10.4 Å². The third kappa shape index (κ3) is 6.97. The highest BCUT2D eigenvalue weighted by Gasteiger charge is 2.31. The highest BCUT2D eigenvalue weighted by molar-refractivity contribution is 8.14. The molecule has 33 heavy (non-hydrogen) atoms. The fraction of sp³-hybridized carbons (Fsp3) is 0.476. The number of rotatable bonds is 11. The number of aromatic nitrogens is 1. The molecular formula is C21H27N5O5S2. The lowest BCUT2D eigenvalue weighted by Gasteiger charge is -2.37. The van der Waals surface area contributed by atoms with Gasteiger partial charge in [0, 0.05) is 61.9 Å². The van der Waals surface area contributed by atoms with E-state index in [1.165, 1.54) is 35.2 Å². The summed E-state index contributed by atoms with van der Waals surface area (Å²) < 4.78 is 0. The summed E-state index contributed by atoms with van der Waals surface area (Å²) in [5.74, 6) is -0.139. The first kappa shape index (κ1) is 25.1. The van der Waals surface area contributed by atoms with Crippen LogP contribution in [0.1, 0.15) is 36.8 Å². The highest BCUT2D eigenvalue weighted by Crippen LogP contribution is 2.31. The molecule has 12 heteroatoms. The molecule has 0 radical (unpaired) electrons. The second-order valence-electron chi connectivity index (χ2n) is 7.85. The van der Waals surface area contributed by atoms with Gasteiger partial charge in [-0.25, -0.2) is 10.5 Å². The summed E-state index contributed by atoms with van der Waals surface area (Å²) in [6.45, 7) is 8.09. The number of benzene rings is 1. The van der Waals surface area contributed by atoms with E-state index in [0.717, 1.165) is 23.8 Å². The van der Waals surface area contributed by atoms with Gasteiger partial charge < -0.3 is 9.80 Å². The van der Waals surface area contributed by atoms with Crippen molar-refractivity contribution in [1.82, 2.24) is 15.4 Å². The van der Waals surface area contributed by atoms with Gasteiger partial charge >= 0.3 is 0 Å². The van der Waals surface area contributed by atoms with Crippen LogP contribution in [0, 0.1) is 10.1 Å². The third-order valence-electron chi connectivity index (χ3n) is 4.99. The van der Waals surface area contributed by atoms with Gasteiger partial charge in [0.2, 0.25) is 0 Å². The maximum atomic E-state index is 13.0. The largest absolute Gasteiger partial charge is 0.346 e. The predicted molar refractivity (Wildman–Crippen MR) is 128 cm³/mol. The second-order valence-corrected chi connectivity index (χ2v) is 10.2. The molecule has 1 aromatic heterocycles. The Morgan fingerprint density at radius 3 is 2.67 bits per heavy atom. The van der Waals surface area contributed by atoms with Gasteiger partial charge in [-0.1, -0.05) is 11.8 Å². The summed E-state index contributed by atoms with van der Waals surface area (Å²) in [6, 6.07) is 6.13. The number of anilines is 1. The van der Waals surface area contributed by atoms with E-state index in [0.29, 0.717) is 18.8 Å². The lowest BCUT2D eigenvalue weighted by molar-refractivity contribution is -0.384. The molecule has 2 aromatic rings. The number of carbonyl (C=O) groups is 2. The van der Waals surface area contributed by atoms with E-state index in [2.05, 4.69) is 15.4 Å². The summed E-state index contributed by atoms with van der Waals surface area (Å²) in [6.07, 6.45) is 0. The summed E-state index contributed by atoms with van der Waals surface area (Å²) >= 11 is 2.78. The number of hydroxylamine groups is 1. The molecule has 1 N–H and O–H groups in total. The zero-order valence-electron chi connectivity index (χ0n) is 18.7. The van der Waals surface area contributed by atoms with Crippen LogP contribution >= 0.6 is 23.1 Å². The number of nitrogens with one attached hydrogen (secondary N) is 1. The van der Waals surface area contributed by atoms with Crippen molar-refractivity contribution in [2.24, 2.45) is 0 Å². The smallest absolute Gasteiger partial charge is 0.273 e. The second kappa shape index (κ2) is 11.5. The molecule has 1 aliphatic heterocycles. The van der Waals surface area contributed by atoms with E-state index < -0.39 is 4.92 Å². The number of hydrogen-bond acceptors (Lipinski definition) is 10. The number of carbonyl (C=O) groups excluding carboxylic acids is 2. The van der Waals surface area contributed by atoms with Gasteiger partial charge in [0.1, 0.15) is 5.69 Å². The Balaban J connectivity index is 1.44. The Morgan fingerprint density at radius 2 is 2.06 bits per heavy atom. The van der Waals surface area contributed by atoms with E-state index in [9.17, 15) is 19.7 Å². The van der Waals surface area contributed by atoms with E-state index in [1.54, 1.807) is 29.3 Å². The van der Waals surface area contributed by atoms with Crippen molar-refractivity contribution in [1.29, 1.82) is 0 Å². The number of nitro groups is 1. The van der Waals surface area contributed by atoms with Crippen molar-refractivity contribution in [3.63, 3.8) is 0 Å². The molecule has 0 unspecified atom stereocenters. The lowest BCUT2D eigenvalue weighted by atomic mass is 10.2. The third-order valence-corrected chi connectivity index (χ3v) is 6.85. The maximum absolute atomic E-state index is 13.0. The lowest BCUT2D eigenvalue weighted by Crippen LogP contribution is -2.49. The Kier molecular flexibility index (Phi) is 8.78. The molecule has 178 valence electrons. The minimum Gasteiger partial charge on any atom is -0.346 e. The van der Waals surface area contributed by atoms with Gasteiger partial charge in [-0.3, -0.25) is 24.5 Å². The summed E-state index contributed by atoms with van der Waals surface area (Å²) in [5.41, 5.74) is 4.09. The van der Waals surface area contributed by atoms with Crippen LogP contribution in [0.15, 0.2) is 29.6 Å². The van der Waals surface area contributed by atoms with Crippen LogP contribution in [0.25, 0.3) is 0 Å². The van der Waals surface area contributed by atoms with E-state index in [4.69, 9.17) is 4.84 Å². The molecule has 0 aliphatic carbocycles. The number of hydrogen-bond donors (Lipinski definition) is 1. The van der Waals surface area contributed by atoms with Gasteiger partial charge in [0.15, 0.2) is 10.2 Å². The Hall–Kier alpha value is -2.54. The van der Waals surface area contributed by atoms with Crippen molar-refractivity contribution in [2.75, 3.05) is 31.1 Å². The fourth-order valence-corrected chi connectivity index (χ4v) is 5.04. The highest BCUT2D eigenvalue weighted by atomic mass is 32.2. The van der Waals surface area contributed by atoms with Crippen molar-refractivity contribution in [3.05, 3.63) is 51.0 Å². The molecule has 0 atom stereocenters. The molecule has 0 saturated carbocycles. The number of non-ortho nitro benzene ring substituents is 1. The van der Waals surface area contributed by atoms with Gasteiger partial charge in [-0.2, -0.15) is 0 Å². The first-order valence-electron chi connectivity index (χ1n) is 10.5. The zero-order chi connectivity index (χ0) is 24.0. The molecule has 1 amide bonds. The molecule has 1 saturated heterocycles. The van der Waals surface area contributed by atoms with Crippen molar-refractivity contribution >= 4 is 44.9 Å². The summed E-state index contributed by atoms with van der Waals surface area (Å²) in [5, 5.41) is 13.7. The first-order chi connectivity index (χ1) is 15.7. The van der Waals surface area contributed by atoms with Crippen LogP contribution in [0.5, 0.6) is 0 Å². The average Bonchev–Trinajstić information content (AvgIpc) is 3.22. The SMILES string of the molecule is CC(=O)SC1CN(c2nc(C(=O)N(CCNOCc3ccc([N+](=O)[O-])cc3)C(C)C)cs2)C1. The van der Waals surface area contributed by atoms with Crippen LogP contribution in [0.3, 0.4) is 0 Å². The zero-order valence-corrected chi connectivity index (χ0v) is 20.4. The minimum absolute atomic E-state index is 0.0144. The summed E-state index contributed by atoms with van der Waals surface area (Å²) in [4.78, 5) is 48.2. The monoisotopic (exact) mass is 493 g/mol. The van der Waals surface area contributed by atoms with E-state index in [-0.39, 0.29) is 34.6 Å². The molecule has 0 bridgehead atoms. The Morgan fingerprint density at radius 1 is 1.36 bits per heavy atom. The van der Waals surface area contributed by atoms with Crippen LogP contribution in [-0.2, 0) is 16.2 Å². The number of thioether (sulfide) groups is 1. The van der Waals surface area contributed by atoms with Crippen molar-refractivity contribution in [3.8, 4) is 0 Å².